The molecular formula is C15H22N2O2. The van der Waals surface area contributed by atoms with Crippen LogP contribution in [0.3, 0.4) is 0 Å². The highest BCUT2D eigenvalue weighted by atomic mass is 16.5. The third-order valence-electron chi connectivity index (χ3n) is 2.99. The second-order valence-electron chi connectivity index (χ2n) is 4.87. The van der Waals surface area contributed by atoms with Crippen LogP contribution in [0.1, 0.15) is 32.6 Å². The summed E-state index contributed by atoms with van der Waals surface area (Å²) in [4.78, 5) is 11.8. The lowest BCUT2D eigenvalue weighted by atomic mass is 10.2. The van der Waals surface area contributed by atoms with E-state index < -0.39 is 0 Å². The fraction of sp³-hybridized carbons (Fsp3) is 0.533. The summed E-state index contributed by atoms with van der Waals surface area (Å²) in [5.74, 6) is 0.772. The molecule has 1 aliphatic carbocycles. The van der Waals surface area contributed by atoms with Gasteiger partial charge >= 0.3 is 0 Å². The Balaban J connectivity index is 1.80. The molecule has 0 saturated heterocycles. The summed E-state index contributed by atoms with van der Waals surface area (Å²) >= 11 is 0. The highest BCUT2D eigenvalue weighted by Gasteiger charge is 2.20. The van der Waals surface area contributed by atoms with Crippen molar-refractivity contribution in [1.29, 1.82) is 0 Å². The van der Waals surface area contributed by atoms with E-state index in [0.29, 0.717) is 19.1 Å². The minimum Gasteiger partial charge on any atom is -0.491 e. The molecule has 0 unspecified atom stereocenters. The molecule has 1 saturated carbocycles. The van der Waals surface area contributed by atoms with Crippen LogP contribution >= 0.6 is 0 Å². The number of benzene rings is 1. The first-order chi connectivity index (χ1) is 9.29. The molecule has 0 aromatic heterocycles. The van der Waals surface area contributed by atoms with E-state index in [9.17, 15) is 4.79 Å². The lowest BCUT2D eigenvalue weighted by molar-refractivity contribution is -0.116. The van der Waals surface area contributed by atoms with Crippen LogP contribution in [0.4, 0.5) is 5.69 Å². The normalized spacial score (nSPS) is 14.2. The molecule has 1 amide bonds. The second kappa shape index (κ2) is 7.14. The van der Waals surface area contributed by atoms with Crippen LogP contribution in [0, 0.1) is 0 Å². The summed E-state index contributed by atoms with van der Waals surface area (Å²) in [6, 6.07) is 8.21. The molecule has 4 heteroatoms. The molecule has 0 aliphatic heterocycles. The number of amides is 1. The third kappa shape index (κ3) is 4.91. The lowest BCUT2D eigenvalue weighted by Crippen LogP contribution is -2.23. The van der Waals surface area contributed by atoms with Crippen LogP contribution in [0.2, 0.25) is 0 Å². The first-order valence-corrected chi connectivity index (χ1v) is 7.04. The van der Waals surface area contributed by atoms with E-state index in [2.05, 4.69) is 17.6 Å². The Morgan fingerprint density at radius 2 is 2.16 bits per heavy atom. The monoisotopic (exact) mass is 262 g/mol. The molecule has 0 spiro atoms. The smallest absolute Gasteiger partial charge is 0.225 e. The third-order valence-corrected chi connectivity index (χ3v) is 2.99. The predicted molar refractivity (Wildman–Crippen MR) is 76.5 cm³/mol. The fourth-order valence-electron chi connectivity index (χ4n) is 1.80. The van der Waals surface area contributed by atoms with Crippen LogP contribution in [0.25, 0.3) is 0 Å². The number of hydrogen-bond donors (Lipinski definition) is 2. The Morgan fingerprint density at radius 3 is 2.89 bits per heavy atom. The highest BCUT2D eigenvalue weighted by molar-refractivity contribution is 5.92. The summed E-state index contributed by atoms with van der Waals surface area (Å²) in [6.45, 7) is 3.47. The molecule has 1 aliphatic rings. The van der Waals surface area contributed by atoms with Gasteiger partial charge in [-0.25, -0.2) is 0 Å². The number of hydrogen-bond acceptors (Lipinski definition) is 3. The molecule has 0 bridgehead atoms. The Labute approximate surface area is 114 Å². The Kier molecular flexibility index (Phi) is 5.21. The van der Waals surface area contributed by atoms with E-state index in [0.717, 1.165) is 24.4 Å². The number of para-hydroxylation sites is 2. The van der Waals surface area contributed by atoms with E-state index in [1.807, 2.05) is 24.3 Å². The van der Waals surface area contributed by atoms with Crippen molar-refractivity contribution in [3.05, 3.63) is 24.3 Å². The number of carbonyl (C=O) groups excluding carboxylic acids is 1. The molecular weight excluding hydrogens is 240 g/mol. The van der Waals surface area contributed by atoms with Crippen LogP contribution in [0.15, 0.2) is 24.3 Å². The largest absolute Gasteiger partial charge is 0.491 e. The summed E-state index contributed by atoms with van der Waals surface area (Å²) in [5, 5.41) is 6.24. The van der Waals surface area contributed by atoms with Gasteiger partial charge in [0.2, 0.25) is 5.91 Å². The van der Waals surface area contributed by atoms with Crippen LogP contribution in [-0.4, -0.2) is 25.1 Å². The van der Waals surface area contributed by atoms with Crippen molar-refractivity contribution in [3.8, 4) is 5.75 Å². The van der Waals surface area contributed by atoms with Gasteiger partial charge in [0.15, 0.2) is 0 Å². The quantitative estimate of drug-likeness (QED) is 0.757. The van der Waals surface area contributed by atoms with Crippen molar-refractivity contribution >= 4 is 11.6 Å². The highest BCUT2D eigenvalue weighted by Crippen LogP contribution is 2.24. The van der Waals surface area contributed by atoms with Crippen LogP contribution in [-0.2, 0) is 4.79 Å². The second-order valence-corrected chi connectivity index (χ2v) is 4.87. The van der Waals surface area contributed by atoms with E-state index >= 15 is 0 Å². The molecule has 19 heavy (non-hydrogen) atoms. The van der Waals surface area contributed by atoms with Gasteiger partial charge in [0.1, 0.15) is 5.75 Å². The summed E-state index contributed by atoms with van der Waals surface area (Å²) in [5.41, 5.74) is 0.757. The number of anilines is 1. The molecule has 0 heterocycles. The summed E-state index contributed by atoms with van der Waals surface area (Å²) in [7, 11) is 0. The van der Waals surface area contributed by atoms with Crippen LogP contribution < -0.4 is 15.4 Å². The topological polar surface area (TPSA) is 50.4 Å². The average Bonchev–Trinajstić information content (AvgIpc) is 3.22. The zero-order valence-corrected chi connectivity index (χ0v) is 11.4. The maximum absolute atomic E-state index is 11.8. The minimum atomic E-state index is 0.0284. The van der Waals surface area contributed by atoms with E-state index in [1.165, 1.54) is 12.8 Å². The van der Waals surface area contributed by atoms with Gasteiger partial charge in [0.05, 0.1) is 12.3 Å². The predicted octanol–water partition coefficient (Wildman–Crippen LogP) is 2.56. The van der Waals surface area contributed by atoms with Crippen molar-refractivity contribution in [2.75, 3.05) is 18.5 Å². The lowest BCUT2D eigenvalue weighted by Gasteiger charge is -2.12. The van der Waals surface area contributed by atoms with Gasteiger partial charge in [-0.2, -0.15) is 0 Å². The van der Waals surface area contributed by atoms with Crippen molar-refractivity contribution in [2.45, 2.75) is 38.6 Å². The SMILES string of the molecule is CCCOc1ccccc1NC(=O)CCNC1CC1. The molecule has 1 aromatic carbocycles. The zero-order valence-electron chi connectivity index (χ0n) is 11.4. The minimum absolute atomic E-state index is 0.0284. The zero-order chi connectivity index (χ0) is 13.5. The van der Waals surface area contributed by atoms with Gasteiger partial charge < -0.3 is 15.4 Å². The van der Waals surface area contributed by atoms with Gasteiger partial charge in [-0.1, -0.05) is 19.1 Å². The maximum Gasteiger partial charge on any atom is 0.225 e. The van der Waals surface area contributed by atoms with Crippen molar-refractivity contribution in [1.82, 2.24) is 5.32 Å². The molecule has 0 atom stereocenters. The number of nitrogens with one attached hydrogen (secondary N) is 2. The van der Waals surface area contributed by atoms with Gasteiger partial charge in [-0.3, -0.25) is 4.79 Å². The average molecular weight is 262 g/mol. The Hall–Kier alpha value is -1.55. The van der Waals surface area contributed by atoms with Crippen molar-refractivity contribution < 1.29 is 9.53 Å². The molecule has 0 radical (unpaired) electrons. The van der Waals surface area contributed by atoms with Gasteiger partial charge in [-0.05, 0) is 31.4 Å². The van der Waals surface area contributed by atoms with E-state index in [1.54, 1.807) is 0 Å². The molecule has 2 N–H and O–H groups in total. The summed E-state index contributed by atoms with van der Waals surface area (Å²) < 4.78 is 5.61. The molecule has 1 fully saturated rings. The Morgan fingerprint density at radius 1 is 1.37 bits per heavy atom. The van der Waals surface area contributed by atoms with E-state index in [4.69, 9.17) is 4.74 Å². The summed E-state index contributed by atoms with van der Waals surface area (Å²) in [6.07, 6.45) is 3.94. The fourth-order valence-corrected chi connectivity index (χ4v) is 1.80. The molecule has 1 aromatic rings. The van der Waals surface area contributed by atoms with Crippen LogP contribution in [0.5, 0.6) is 5.75 Å². The van der Waals surface area contributed by atoms with Crippen molar-refractivity contribution in [3.63, 3.8) is 0 Å². The molecule has 4 nitrogen and oxygen atoms in total. The van der Waals surface area contributed by atoms with Gasteiger partial charge in [0.25, 0.3) is 0 Å². The Bertz CT molecular complexity index is 416. The standard InChI is InChI=1S/C15H22N2O2/c1-2-11-19-14-6-4-3-5-13(14)17-15(18)9-10-16-12-7-8-12/h3-6,12,16H,2,7-11H2,1H3,(H,17,18). The number of rotatable bonds is 8. The number of carbonyl (C=O) groups is 1. The first kappa shape index (κ1) is 13.9. The number of ether oxygens (including phenoxy) is 1. The van der Waals surface area contributed by atoms with E-state index in [-0.39, 0.29) is 5.91 Å². The van der Waals surface area contributed by atoms with Crippen molar-refractivity contribution in [2.24, 2.45) is 0 Å². The molecule has 2 rings (SSSR count). The first-order valence-electron chi connectivity index (χ1n) is 7.04. The van der Waals surface area contributed by atoms with Gasteiger partial charge in [-0.15, -0.1) is 0 Å². The molecule has 104 valence electrons. The maximum atomic E-state index is 11.8. The van der Waals surface area contributed by atoms with Gasteiger partial charge in [0, 0.05) is 19.0 Å².